The highest BCUT2D eigenvalue weighted by atomic mass is 35.5. The molecule has 0 bridgehead atoms. The smallest absolute Gasteiger partial charge is 0.116 e. The number of hydrogen-bond acceptors (Lipinski definition) is 2. The Labute approximate surface area is 85.8 Å². The fraction of sp³-hybridized carbons (Fsp3) is 0. The summed E-state index contributed by atoms with van der Waals surface area (Å²) in [4.78, 5) is 0. The van der Waals surface area contributed by atoms with Gasteiger partial charge in [-0.1, -0.05) is 41.9 Å². The van der Waals surface area contributed by atoms with Crippen LogP contribution in [0.2, 0.25) is 4.34 Å². The van der Waals surface area contributed by atoms with E-state index in [1.807, 2.05) is 35.7 Å². The van der Waals surface area contributed by atoms with Crippen molar-refractivity contribution in [2.45, 2.75) is 0 Å². The van der Waals surface area contributed by atoms with E-state index in [-0.39, 0.29) is 0 Å². The van der Waals surface area contributed by atoms with Gasteiger partial charge < -0.3 is 5.73 Å². The molecule has 13 heavy (non-hydrogen) atoms. The van der Waals surface area contributed by atoms with Gasteiger partial charge in [-0.3, -0.25) is 0 Å². The largest absolute Gasteiger partial charge is 0.396 e. The second-order valence-corrected chi connectivity index (χ2v) is 4.18. The summed E-state index contributed by atoms with van der Waals surface area (Å²) in [7, 11) is 0. The number of halogens is 1. The second-order valence-electron chi connectivity index (χ2n) is 2.70. The van der Waals surface area contributed by atoms with Crippen molar-refractivity contribution in [3.63, 3.8) is 0 Å². The predicted octanol–water partition coefficient (Wildman–Crippen LogP) is 3.65. The maximum Gasteiger partial charge on any atom is 0.116 e. The Morgan fingerprint density at radius 1 is 1.15 bits per heavy atom. The van der Waals surface area contributed by atoms with Crippen molar-refractivity contribution < 1.29 is 0 Å². The molecular formula is C10H8ClNS. The van der Waals surface area contributed by atoms with Crippen molar-refractivity contribution in [2.24, 2.45) is 0 Å². The Morgan fingerprint density at radius 3 is 2.38 bits per heavy atom. The highest BCUT2D eigenvalue weighted by molar-refractivity contribution is 7.15. The minimum absolute atomic E-state index is 0.666. The summed E-state index contributed by atoms with van der Waals surface area (Å²) in [6, 6.07) is 10.00. The highest BCUT2D eigenvalue weighted by Gasteiger charge is 2.07. The van der Waals surface area contributed by atoms with Crippen molar-refractivity contribution in [2.75, 3.05) is 5.73 Å². The zero-order valence-corrected chi connectivity index (χ0v) is 8.40. The lowest BCUT2D eigenvalue weighted by Gasteiger charge is -1.98. The summed E-state index contributed by atoms with van der Waals surface area (Å²) in [5.41, 5.74) is 8.63. The molecule has 2 aromatic rings. The molecule has 2 N–H and O–H groups in total. The molecule has 0 saturated carbocycles. The lowest BCUT2D eigenvalue weighted by Crippen LogP contribution is -1.84. The third-order valence-electron chi connectivity index (χ3n) is 1.87. The van der Waals surface area contributed by atoms with Gasteiger partial charge in [0.2, 0.25) is 0 Å². The first-order valence-electron chi connectivity index (χ1n) is 3.87. The summed E-state index contributed by atoms with van der Waals surface area (Å²) < 4.78 is 0.666. The first-order chi connectivity index (χ1) is 6.29. The van der Waals surface area contributed by atoms with Crippen LogP contribution in [0.5, 0.6) is 0 Å². The van der Waals surface area contributed by atoms with Gasteiger partial charge in [-0.2, -0.15) is 0 Å². The van der Waals surface area contributed by atoms with Crippen molar-refractivity contribution in [1.29, 1.82) is 0 Å². The number of nitrogens with two attached hydrogens (primary N) is 1. The molecule has 0 saturated heterocycles. The number of anilines is 1. The number of thiophene rings is 1. The molecule has 0 unspecified atom stereocenters. The molecular weight excluding hydrogens is 202 g/mol. The zero-order chi connectivity index (χ0) is 9.26. The molecule has 0 atom stereocenters. The summed E-state index contributed by atoms with van der Waals surface area (Å²) >= 11 is 7.34. The fourth-order valence-electron chi connectivity index (χ4n) is 1.18. The number of hydrogen-bond donors (Lipinski definition) is 1. The Kier molecular flexibility index (Phi) is 2.25. The summed E-state index contributed by atoms with van der Waals surface area (Å²) in [5, 5.41) is 1.98. The fourth-order valence-corrected chi connectivity index (χ4v) is 2.14. The molecule has 3 heteroatoms. The van der Waals surface area contributed by atoms with Crippen LogP contribution in [0.4, 0.5) is 5.69 Å². The van der Waals surface area contributed by atoms with Crippen LogP contribution in [0.25, 0.3) is 11.1 Å². The van der Waals surface area contributed by atoms with E-state index >= 15 is 0 Å². The lowest BCUT2D eigenvalue weighted by atomic mass is 10.1. The van der Waals surface area contributed by atoms with Crippen LogP contribution in [-0.4, -0.2) is 0 Å². The summed E-state index contributed by atoms with van der Waals surface area (Å²) in [6.07, 6.45) is 0. The highest BCUT2D eigenvalue weighted by Crippen LogP contribution is 2.36. The van der Waals surface area contributed by atoms with Gasteiger partial charge in [0.15, 0.2) is 0 Å². The topological polar surface area (TPSA) is 26.0 Å². The van der Waals surface area contributed by atoms with Gasteiger partial charge in [0.1, 0.15) is 4.34 Å². The minimum Gasteiger partial charge on any atom is -0.396 e. The maximum atomic E-state index is 5.87. The van der Waals surface area contributed by atoms with E-state index in [0.29, 0.717) is 10.0 Å². The minimum atomic E-state index is 0.666. The Bertz CT molecular complexity index is 408. The van der Waals surface area contributed by atoms with Gasteiger partial charge in [-0.05, 0) is 5.56 Å². The first-order valence-corrected chi connectivity index (χ1v) is 5.12. The summed E-state index contributed by atoms with van der Waals surface area (Å²) in [5.74, 6) is 0. The van der Waals surface area contributed by atoms with Gasteiger partial charge in [-0.15, -0.1) is 11.3 Å². The third-order valence-corrected chi connectivity index (χ3v) is 3.12. The van der Waals surface area contributed by atoms with Crippen LogP contribution in [0.3, 0.4) is 0 Å². The quantitative estimate of drug-likeness (QED) is 0.763. The van der Waals surface area contributed by atoms with Crippen molar-refractivity contribution >= 4 is 28.6 Å². The van der Waals surface area contributed by atoms with Gasteiger partial charge in [0.05, 0.1) is 5.69 Å². The first kappa shape index (κ1) is 8.60. The van der Waals surface area contributed by atoms with Gasteiger partial charge in [0.25, 0.3) is 0 Å². The maximum absolute atomic E-state index is 5.87. The predicted molar refractivity (Wildman–Crippen MR) is 59.2 cm³/mol. The standard InChI is InChI=1S/C10H8ClNS/c11-10-9(12)8(6-13-10)7-4-2-1-3-5-7/h1-6H,12H2. The van der Waals surface area contributed by atoms with Crippen LogP contribution in [0, 0.1) is 0 Å². The molecule has 2 rings (SSSR count). The number of benzene rings is 1. The van der Waals surface area contributed by atoms with E-state index in [4.69, 9.17) is 17.3 Å². The van der Waals surface area contributed by atoms with E-state index in [1.54, 1.807) is 0 Å². The van der Waals surface area contributed by atoms with Gasteiger partial charge in [0, 0.05) is 10.9 Å². The van der Waals surface area contributed by atoms with E-state index in [2.05, 4.69) is 0 Å². The number of rotatable bonds is 1. The second kappa shape index (κ2) is 3.40. The molecule has 0 radical (unpaired) electrons. The molecule has 0 aliphatic carbocycles. The van der Waals surface area contributed by atoms with Gasteiger partial charge >= 0.3 is 0 Å². The Hall–Kier alpha value is -0.990. The molecule has 0 aliphatic heterocycles. The number of nitrogen functional groups attached to an aromatic ring is 1. The summed E-state index contributed by atoms with van der Waals surface area (Å²) in [6.45, 7) is 0. The molecule has 0 spiro atoms. The van der Waals surface area contributed by atoms with Crippen LogP contribution in [-0.2, 0) is 0 Å². The normalized spacial score (nSPS) is 10.2. The Morgan fingerprint density at radius 2 is 1.85 bits per heavy atom. The average molecular weight is 210 g/mol. The average Bonchev–Trinajstić information content (AvgIpc) is 2.49. The monoisotopic (exact) mass is 209 g/mol. The van der Waals surface area contributed by atoms with E-state index < -0.39 is 0 Å². The van der Waals surface area contributed by atoms with E-state index in [1.165, 1.54) is 11.3 Å². The molecule has 1 nitrogen and oxygen atoms in total. The van der Waals surface area contributed by atoms with Gasteiger partial charge in [-0.25, -0.2) is 0 Å². The molecule has 1 aromatic carbocycles. The molecule has 0 amide bonds. The van der Waals surface area contributed by atoms with Crippen LogP contribution in [0.15, 0.2) is 35.7 Å². The molecule has 0 fully saturated rings. The molecule has 1 aromatic heterocycles. The third kappa shape index (κ3) is 1.55. The van der Waals surface area contributed by atoms with Crippen molar-refractivity contribution in [3.8, 4) is 11.1 Å². The SMILES string of the molecule is Nc1c(-c2ccccc2)csc1Cl. The van der Waals surface area contributed by atoms with E-state index in [9.17, 15) is 0 Å². The Balaban J connectivity index is 2.53. The van der Waals surface area contributed by atoms with Crippen LogP contribution in [0.1, 0.15) is 0 Å². The lowest BCUT2D eigenvalue weighted by molar-refractivity contribution is 1.67. The van der Waals surface area contributed by atoms with E-state index in [0.717, 1.165) is 11.1 Å². The zero-order valence-electron chi connectivity index (χ0n) is 6.83. The molecule has 0 aliphatic rings. The van der Waals surface area contributed by atoms with Crippen LogP contribution < -0.4 is 5.73 Å². The molecule has 66 valence electrons. The van der Waals surface area contributed by atoms with Crippen molar-refractivity contribution in [3.05, 3.63) is 40.0 Å². The van der Waals surface area contributed by atoms with Crippen molar-refractivity contribution in [1.82, 2.24) is 0 Å². The van der Waals surface area contributed by atoms with Crippen LogP contribution >= 0.6 is 22.9 Å². The molecule has 1 heterocycles.